The van der Waals surface area contributed by atoms with Crippen LogP contribution in [-0.4, -0.2) is 27.6 Å². The summed E-state index contributed by atoms with van der Waals surface area (Å²) >= 11 is 5.99. The number of halogens is 1. The number of nitrogens with zero attached hydrogens (tertiary/aromatic N) is 3. The highest BCUT2D eigenvalue weighted by Crippen LogP contribution is 2.22. The zero-order valence-corrected chi connectivity index (χ0v) is 10.3. The monoisotopic (exact) mass is 250 g/mol. The van der Waals surface area contributed by atoms with Crippen molar-refractivity contribution in [3.8, 4) is 0 Å². The highest BCUT2D eigenvalue weighted by Gasteiger charge is 2.14. The average Bonchev–Trinajstić information content (AvgIpc) is 2.61. The van der Waals surface area contributed by atoms with Gasteiger partial charge in [-0.2, -0.15) is 0 Å². The number of aryl methyl sites for hydroxylation is 1. The predicted molar refractivity (Wildman–Crippen MR) is 68.8 cm³/mol. The molecular weight excluding hydrogens is 236 g/mol. The largest absolute Gasteiger partial charge is 0.328 e. The second-order valence-corrected chi connectivity index (χ2v) is 4.89. The summed E-state index contributed by atoms with van der Waals surface area (Å²) in [6.07, 6.45) is 1.94. The lowest BCUT2D eigenvalue weighted by Crippen LogP contribution is -2.36. The van der Waals surface area contributed by atoms with E-state index in [1.165, 1.54) is 5.52 Å². The Balaban J connectivity index is 2.09. The van der Waals surface area contributed by atoms with Gasteiger partial charge < -0.3 is 4.57 Å². The van der Waals surface area contributed by atoms with Crippen LogP contribution in [0.25, 0.3) is 11.0 Å². The third-order valence-electron chi connectivity index (χ3n) is 3.24. The zero-order chi connectivity index (χ0) is 11.8. The van der Waals surface area contributed by atoms with Crippen LogP contribution in [0.2, 0.25) is 5.02 Å². The van der Waals surface area contributed by atoms with Crippen LogP contribution in [-0.2, 0) is 13.0 Å². The summed E-state index contributed by atoms with van der Waals surface area (Å²) < 4.78 is 2.29. The Labute approximate surface area is 105 Å². The molecule has 5 heteroatoms. The van der Waals surface area contributed by atoms with Gasteiger partial charge in [0, 0.05) is 31.1 Å². The van der Waals surface area contributed by atoms with E-state index in [4.69, 9.17) is 17.4 Å². The normalized spacial score (nSPS) is 17.8. The van der Waals surface area contributed by atoms with E-state index in [1.54, 1.807) is 0 Å². The van der Waals surface area contributed by atoms with E-state index in [0.717, 1.165) is 48.8 Å². The van der Waals surface area contributed by atoms with Gasteiger partial charge in [-0.05, 0) is 24.6 Å². The summed E-state index contributed by atoms with van der Waals surface area (Å²) in [5.74, 6) is 6.96. The van der Waals surface area contributed by atoms with Gasteiger partial charge in [-0.1, -0.05) is 11.6 Å². The highest BCUT2D eigenvalue weighted by atomic mass is 35.5. The number of hydrogen-bond acceptors (Lipinski definition) is 3. The minimum absolute atomic E-state index is 0.740. The van der Waals surface area contributed by atoms with Crippen molar-refractivity contribution in [3.05, 3.63) is 29.0 Å². The molecule has 0 saturated carbocycles. The molecule has 0 spiro atoms. The summed E-state index contributed by atoms with van der Waals surface area (Å²) in [6, 6.07) is 5.90. The second kappa shape index (κ2) is 4.29. The van der Waals surface area contributed by atoms with Crippen molar-refractivity contribution in [2.45, 2.75) is 19.4 Å². The number of nitrogens with two attached hydrogens (primary N) is 1. The Morgan fingerprint density at radius 2 is 2.12 bits per heavy atom. The van der Waals surface area contributed by atoms with Crippen molar-refractivity contribution in [1.29, 1.82) is 0 Å². The Morgan fingerprint density at radius 1 is 1.24 bits per heavy atom. The van der Waals surface area contributed by atoms with E-state index in [-0.39, 0.29) is 0 Å². The first kappa shape index (κ1) is 11.0. The average molecular weight is 251 g/mol. The van der Waals surface area contributed by atoms with Crippen molar-refractivity contribution in [3.63, 3.8) is 0 Å². The first-order valence-corrected chi connectivity index (χ1v) is 6.26. The van der Waals surface area contributed by atoms with Crippen molar-refractivity contribution in [1.82, 2.24) is 14.6 Å². The number of rotatable bonds is 0. The number of hydrazine groups is 1. The molecule has 4 nitrogen and oxygen atoms in total. The van der Waals surface area contributed by atoms with Gasteiger partial charge >= 0.3 is 0 Å². The maximum atomic E-state index is 5.99. The minimum Gasteiger partial charge on any atom is -0.328 e. The summed E-state index contributed by atoms with van der Waals surface area (Å²) in [4.78, 5) is 4.65. The molecule has 1 aromatic carbocycles. The van der Waals surface area contributed by atoms with Crippen LogP contribution in [0.4, 0.5) is 0 Å². The van der Waals surface area contributed by atoms with Crippen molar-refractivity contribution >= 4 is 22.6 Å². The first-order valence-electron chi connectivity index (χ1n) is 5.88. The van der Waals surface area contributed by atoms with Gasteiger partial charge in [-0.25, -0.2) is 9.99 Å². The van der Waals surface area contributed by atoms with Crippen molar-refractivity contribution in [2.24, 2.45) is 5.84 Å². The number of imidazole rings is 1. The van der Waals surface area contributed by atoms with Crippen LogP contribution >= 0.6 is 11.6 Å². The molecule has 2 aromatic rings. The topological polar surface area (TPSA) is 47.1 Å². The molecule has 2 heterocycles. The quantitative estimate of drug-likeness (QED) is 0.726. The van der Waals surface area contributed by atoms with E-state index >= 15 is 0 Å². The summed E-state index contributed by atoms with van der Waals surface area (Å²) in [7, 11) is 0. The number of hydrogen-bond donors (Lipinski definition) is 1. The zero-order valence-electron chi connectivity index (χ0n) is 9.56. The van der Waals surface area contributed by atoms with E-state index in [1.807, 2.05) is 17.1 Å². The van der Waals surface area contributed by atoms with E-state index < -0.39 is 0 Å². The molecule has 3 rings (SSSR count). The fourth-order valence-corrected chi connectivity index (χ4v) is 2.55. The number of aromatic nitrogens is 2. The molecule has 0 radical (unpaired) electrons. The number of fused-ring (bicyclic) bond motifs is 3. The van der Waals surface area contributed by atoms with Gasteiger partial charge in [-0.15, -0.1) is 0 Å². The smallest absolute Gasteiger partial charge is 0.111 e. The van der Waals surface area contributed by atoms with E-state index in [0.29, 0.717) is 0 Å². The molecule has 90 valence electrons. The van der Waals surface area contributed by atoms with Gasteiger partial charge in [0.1, 0.15) is 5.82 Å². The fourth-order valence-electron chi connectivity index (χ4n) is 2.38. The van der Waals surface area contributed by atoms with Crippen molar-refractivity contribution < 1.29 is 0 Å². The molecule has 1 aliphatic heterocycles. The lowest BCUT2D eigenvalue weighted by Gasteiger charge is -2.20. The summed E-state index contributed by atoms with van der Waals surface area (Å²) in [5, 5.41) is 2.61. The van der Waals surface area contributed by atoms with Gasteiger partial charge in [0.25, 0.3) is 0 Å². The Kier molecular flexibility index (Phi) is 2.78. The maximum absolute atomic E-state index is 5.99. The molecule has 0 unspecified atom stereocenters. The lowest BCUT2D eigenvalue weighted by atomic mass is 10.3. The highest BCUT2D eigenvalue weighted by molar-refractivity contribution is 6.31. The van der Waals surface area contributed by atoms with E-state index in [9.17, 15) is 0 Å². The molecule has 0 bridgehead atoms. The standard InChI is InChI=1S/C12H15ClN4/c13-9-2-3-11-10(8-9)15-12-4-7-16(14)5-1-6-17(11)12/h2-3,8H,1,4-7,14H2. The Hall–Kier alpha value is -1.10. The fraction of sp³-hybridized carbons (Fsp3) is 0.417. The lowest BCUT2D eigenvalue weighted by molar-refractivity contribution is 0.264. The van der Waals surface area contributed by atoms with Crippen LogP contribution in [0.1, 0.15) is 12.2 Å². The maximum Gasteiger partial charge on any atom is 0.111 e. The Morgan fingerprint density at radius 3 is 3.00 bits per heavy atom. The SMILES string of the molecule is NN1CCCn2c(nc3cc(Cl)ccc32)CC1. The summed E-state index contributed by atoms with van der Waals surface area (Å²) in [5.41, 5.74) is 2.16. The first-order chi connectivity index (χ1) is 8.24. The molecular formula is C12H15ClN4. The van der Waals surface area contributed by atoms with Crippen molar-refractivity contribution in [2.75, 3.05) is 13.1 Å². The minimum atomic E-state index is 0.740. The number of benzene rings is 1. The van der Waals surface area contributed by atoms with Gasteiger partial charge in [0.15, 0.2) is 0 Å². The van der Waals surface area contributed by atoms with Crippen LogP contribution in [0, 0.1) is 0 Å². The molecule has 1 aliphatic rings. The van der Waals surface area contributed by atoms with Crippen LogP contribution in [0.15, 0.2) is 18.2 Å². The Bertz CT molecular complexity index is 549. The predicted octanol–water partition coefficient (Wildman–Crippen LogP) is 1.81. The molecule has 0 aliphatic carbocycles. The molecule has 0 fully saturated rings. The van der Waals surface area contributed by atoms with Gasteiger partial charge in [-0.3, -0.25) is 5.84 Å². The third-order valence-corrected chi connectivity index (χ3v) is 3.47. The summed E-state index contributed by atoms with van der Waals surface area (Å²) in [6.45, 7) is 2.77. The van der Waals surface area contributed by atoms with Crippen LogP contribution in [0.3, 0.4) is 0 Å². The van der Waals surface area contributed by atoms with Crippen LogP contribution < -0.4 is 5.84 Å². The molecule has 0 amide bonds. The van der Waals surface area contributed by atoms with Gasteiger partial charge in [0.2, 0.25) is 0 Å². The molecule has 2 N–H and O–H groups in total. The molecule has 0 atom stereocenters. The van der Waals surface area contributed by atoms with Gasteiger partial charge in [0.05, 0.1) is 11.0 Å². The van der Waals surface area contributed by atoms with Crippen LogP contribution in [0.5, 0.6) is 0 Å². The third kappa shape index (κ3) is 2.04. The molecule has 17 heavy (non-hydrogen) atoms. The second-order valence-electron chi connectivity index (χ2n) is 4.45. The molecule has 1 aromatic heterocycles. The van der Waals surface area contributed by atoms with E-state index in [2.05, 4.69) is 15.6 Å². The molecule has 0 saturated heterocycles.